The molecule has 1 aromatic heterocycles. The number of alkyl halides is 3. The lowest BCUT2D eigenvalue weighted by Gasteiger charge is -2.35. The number of halogens is 4. The van der Waals surface area contributed by atoms with E-state index in [2.05, 4.69) is 9.88 Å². The summed E-state index contributed by atoms with van der Waals surface area (Å²) in [6.45, 7) is 6.22. The minimum Gasteiger partial charge on any atom is -0.465 e. The first-order valence-electron chi connectivity index (χ1n) is 10.8. The number of piperidine rings is 1. The van der Waals surface area contributed by atoms with Crippen molar-refractivity contribution in [3.8, 4) is 11.3 Å². The van der Waals surface area contributed by atoms with Gasteiger partial charge in [-0.05, 0) is 50.0 Å². The largest absolute Gasteiger partial charge is 0.465 e. The molecule has 0 radical (unpaired) electrons. The van der Waals surface area contributed by atoms with E-state index in [1.54, 1.807) is 6.20 Å². The zero-order chi connectivity index (χ0) is 23.0. The number of amides is 1. The van der Waals surface area contributed by atoms with Crippen molar-refractivity contribution < 1.29 is 27.5 Å². The Labute approximate surface area is 183 Å². The summed E-state index contributed by atoms with van der Waals surface area (Å²) in [5.74, 6) is -0.570. The van der Waals surface area contributed by atoms with Gasteiger partial charge < -0.3 is 19.5 Å². The van der Waals surface area contributed by atoms with Crippen molar-refractivity contribution in [3.63, 3.8) is 0 Å². The van der Waals surface area contributed by atoms with Gasteiger partial charge >= 0.3 is 12.3 Å². The van der Waals surface area contributed by atoms with Crippen LogP contribution in [-0.4, -0.2) is 63.3 Å². The van der Waals surface area contributed by atoms with Crippen LogP contribution in [0.15, 0.2) is 24.4 Å². The van der Waals surface area contributed by atoms with Gasteiger partial charge in [0.05, 0.1) is 11.3 Å². The number of imidazole rings is 1. The number of carbonyl (C=O) groups is 1. The van der Waals surface area contributed by atoms with Crippen molar-refractivity contribution in [1.29, 1.82) is 0 Å². The lowest BCUT2D eigenvalue weighted by atomic mass is 9.86. The maximum atomic E-state index is 13.8. The summed E-state index contributed by atoms with van der Waals surface area (Å²) in [5.41, 5.74) is -0.741. The van der Waals surface area contributed by atoms with Gasteiger partial charge in [-0.3, -0.25) is 0 Å². The number of likely N-dealkylation sites (tertiary alicyclic amines) is 2. The molecule has 2 atom stereocenters. The molecule has 32 heavy (non-hydrogen) atoms. The summed E-state index contributed by atoms with van der Waals surface area (Å²) in [6, 6.07) is 2.94. The first-order chi connectivity index (χ1) is 15.1. The number of aromatic nitrogens is 2. The van der Waals surface area contributed by atoms with E-state index in [9.17, 15) is 27.5 Å². The van der Waals surface area contributed by atoms with Crippen LogP contribution < -0.4 is 0 Å². The third-order valence-corrected chi connectivity index (χ3v) is 6.49. The van der Waals surface area contributed by atoms with Gasteiger partial charge in [-0.25, -0.2) is 14.2 Å². The highest BCUT2D eigenvalue weighted by Gasteiger charge is 2.35. The van der Waals surface area contributed by atoms with Gasteiger partial charge in [0.1, 0.15) is 11.6 Å². The van der Waals surface area contributed by atoms with Crippen LogP contribution in [-0.2, 0) is 12.7 Å². The second-order valence-corrected chi connectivity index (χ2v) is 8.67. The molecule has 10 heteroatoms. The second-order valence-electron chi connectivity index (χ2n) is 8.67. The Kier molecular flexibility index (Phi) is 6.15. The molecule has 0 aliphatic carbocycles. The van der Waals surface area contributed by atoms with Crippen LogP contribution in [0.2, 0.25) is 0 Å². The molecule has 0 bridgehead atoms. The predicted octanol–water partition coefficient (Wildman–Crippen LogP) is 4.52. The van der Waals surface area contributed by atoms with Gasteiger partial charge in [0, 0.05) is 43.9 Å². The monoisotopic (exact) mass is 454 g/mol. The molecule has 2 aliphatic rings. The van der Waals surface area contributed by atoms with Crippen LogP contribution in [0.1, 0.15) is 37.1 Å². The summed E-state index contributed by atoms with van der Waals surface area (Å²) in [4.78, 5) is 19.7. The molecule has 174 valence electrons. The quantitative estimate of drug-likeness (QED) is 0.675. The minimum absolute atomic E-state index is 0.0109. The number of carboxylic acid groups (broad SMARTS) is 1. The van der Waals surface area contributed by atoms with E-state index in [1.165, 1.54) is 11.0 Å². The summed E-state index contributed by atoms with van der Waals surface area (Å²) < 4.78 is 55.3. The Balaban J connectivity index is 1.66. The fourth-order valence-corrected chi connectivity index (χ4v) is 4.50. The summed E-state index contributed by atoms with van der Waals surface area (Å²) in [5, 5.41) is 9.29. The first kappa shape index (κ1) is 22.6. The molecule has 0 spiro atoms. The lowest BCUT2D eigenvalue weighted by Crippen LogP contribution is -2.42. The molecule has 1 amide bonds. The fourth-order valence-electron chi connectivity index (χ4n) is 4.50. The molecule has 3 heterocycles. The van der Waals surface area contributed by atoms with E-state index in [0.717, 1.165) is 44.0 Å². The van der Waals surface area contributed by atoms with Gasteiger partial charge in [0.25, 0.3) is 0 Å². The number of benzene rings is 1. The van der Waals surface area contributed by atoms with E-state index in [0.29, 0.717) is 31.7 Å². The molecule has 2 aliphatic heterocycles. The van der Waals surface area contributed by atoms with E-state index in [4.69, 9.17) is 0 Å². The highest BCUT2D eigenvalue weighted by molar-refractivity contribution is 5.65. The molecule has 0 saturated carbocycles. The molecule has 2 aromatic rings. The van der Waals surface area contributed by atoms with Gasteiger partial charge in [-0.2, -0.15) is 13.2 Å². The van der Waals surface area contributed by atoms with E-state index in [1.807, 2.05) is 11.5 Å². The maximum Gasteiger partial charge on any atom is 0.419 e. The molecule has 1 aromatic carbocycles. The van der Waals surface area contributed by atoms with Crippen LogP contribution in [0, 0.1) is 11.7 Å². The Morgan fingerprint density at radius 1 is 1.22 bits per heavy atom. The van der Waals surface area contributed by atoms with Crippen molar-refractivity contribution in [1.82, 2.24) is 19.4 Å². The summed E-state index contributed by atoms with van der Waals surface area (Å²) in [7, 11) is 0. The summed E-state index contributed by atoms with van der Waals surface area (Å²) >= 11 is 0. The van der Waals surface area contributed by atoms with Crippen LogP contribution in [0.5, 0.6) is 0 Å². The average Bonchev–Trinajstić information content (AvgIpc) is 3.10. The highest BCUT2D eigenvalue weighted by atomic mass is 19.4. The molecular formula is C22H26F4N4O2. The topological polar surface area (TPSA) is 61.6 Å². The predicted molar refractivity (Wildman–Crippen MR) is 110 cm³/mol. The number of rotatable bonds is 5. The standard InChI is InChI=1S/C22H26F4N4O2/c1-14-12-30(21(31)32)8-5-16(14)20-27-19(13-29(20)10-9-28-6-2-7-28)15-3-4-18(23)17(11-15)22(24,25)26/h3-4,11,13-14,16H,2,5-10,12H2,1H3,(H,31,32). The SMILES string of the molecule is CC1CN(C(=O)O)CCC1c1nc(-c2ccc(F)c(C(F)(F)F)c2)cn1CCN1CCC1. The Morgan fingerprint density at radius 3 is 2.56 bits per heavy atom. The molecule has 1 N–H and O–H groups in total. The third kappa shape index (κ3) is 4.60. The zero-order valence-electron chi connectivity index (χ0n) is 17.8. The molecule has 6 nitrogen and oxygen atoms in total. The summed E-state index contributed by atoms with van der Waals surface area (Å²) in [6.07, 6.45) is -2.27. The molecule has 4 rings (SSSR count). The van der Waals surface area contributed by atoms with Crippen molar-refractivity contribution >= 4 is 6.09 Å². The molecule has 2 saturated heterocycles. The van der Waals surface area contributed by atoms with E-state index >= 15 is 0 Å². The Morgan fingerprint density at radius 2 is 1.97 bits per heavy atom. The normalized spacial score (nSPS) is 22.1. The highest BCUT2D eigenvalue weighted by Crippen LogP contribution is 2.36. The number of hydrogen-bond acceptors (Lipinski definition) is 3. The van der Waals surface area contributed by atoms with Crippen LogP contribution in [0.25, 0.3) is 11.3 Å². The van der Waals surface area contributed by atoms with Crippen molar-refractivity contribution in [2.45, 2.75) is 38.4 Å². The van der Waals surface area contributed by atoms with Gasteiger partial charge in [-0.1, -0.05) is 6.92 Å². The van der Waals surface area contributed by atoms with Gasteiger partial charge in [-0.15, -0.1) is 0 Å². The second kappa shape index (κ2) is 8.73. The lowest BCUT2D eigenvalue weighted by molar-refractivity contribution is -0.139. The maximum absolute atomic E-state index is 13.8. The number of nitrogens with zero attached hydrogens (tertiary/aromatic N) is 4. The van der Waals surface area contributed by atoms with Crippen LogP contribution in [0.4, 0.5) is 22.4 Å². The van der Waals surface area contributed by atoms with Crippen molar-refractivity contribution in [2.75, 3.05) is 32.7 Å². The molecular weight excluding hydrogens is 428 g/mol. The van der Waals surface area contributed by atoms with Crippen molar-refractivity contribution in [2.24, 2.45) is 5.92 Å². The zero-order valence-corrected chi connectivity index (χ0v) is 17.8. The third-order valence-electron chi connectivity index (χ3n) is 6.49. The number of hydrogen-bond donors (Lipinski definition) is 1. The fraction of sp³-hybridized carbons (Fsp3) is 0.545. The van der Waals surface area contributed by atoms with Crippen molar-refractivity contribution in [3.05, 3.63) is 41.6 Å². The van der Waals surface area contributed by atoms with E-state index in [-0.39, 0.29) is 17.4 Å². The Hall–Kier alpha value is -2.62. The molecule has 2 fully saturated rings. The smallest absolute Gasteiger partial charge is 0.419 e. The van der Waals surface area contributed by atoms with Gasteiger partial charge in [0.15, 0.2) is 0 Å². The first-order valence-corrected chi connectivity index (χ1v) is 10.8. The van der Waals surface area contributed by atoms with Crippen LogP contribution >= 0.6 is 0 Å². The minimum atomic E-state index is -4.79. The molecule has 2 unspecified atom stereocenters. The van der Waals surface area contributed by atoms with Crippen LogP contribution in [0.3, 0.4) is 0 Å². The van der Waals surface area contributed by atoms with Gasteiger partial charge in [0.2, 0.25) is 0 Å². The average molecular weight is 454 g/mol. The Bertz CT molecular complexity index is 987. The van der Waals surface area contributed by atoms with E-state index < -0.39 is 23.7 Å².